The molecule has 0 saturated carbocycles. The van der Waals surface area contributed by atoms with E-state index in [0.717, 1.165) is 29.1 Å². The van der Waals surface area contributed by atoms with E-state index in [9.17, 15) is 13.2 Å². The lowest BCUT2D eigenvalue weighted by Crippen LogP contribution is -2.33. The zero-order valence-electron chi connectivity index (χ0n) is 13.5. The number of rotatable bonds is 7. The fraction of sp³-hybridized carbons (Fsp3) is 0.389. The van der Waals surface area contributed by atoms with Gasteiger partial charge in [0.1, 0.15) is 6.29 Å². The number of hydrogen-bond acceptors (Lipinski definition) is 3. The molecule has 0 aromatic heterocycles. The van der Waals surface area contributed by atoms with E-state index in [4.69, 9.17) is 0 Å². The summed E-state index contributed by atoms with van der Waals surface area (Å²) >= 11 is 0. The summed E-state index contributed by atoms with van der Waals surface area (Å²) in [6, 6.07) is 6.49. The molecule has 0 spiro atoms. The molecule has 0 amide bonds. The summed E-state index contributed by atoms with van der Waals surface area (Å²) < 4.78 is 26.1. The third-order valence-electron chi connectivity index (χ3n) is 3.09. The molecule has 0 heterocycles. The van der Waals surface area contributed by atoms with Gasteiger partial charge in [-0.05, 0) is 37.3 Å². The Labute approximate surface area is 138 Å². The van der Waals surface area contributed by atoms with Crippen LogP contribution in [0.3, 0.4) is 0 Å². The second-order valence-electron chi connectivity index (χ2n) is 4.98. The molecule has 1 aromatic carbocycles. The van der Waals surface area contributed by atoms with Crippen LogP contribution in [0.2, 0.25) is 0 Å². The lowest BCUT2D eigenvalue weighted by atomic mass is 10.2. The first kappa shape index (κ1) is 19.0. The highest BCUT2D eigenvalue weighted by atomic mass is 32.2. The van der Waals surface area contributed by atoms with Gasteiger partial charge >= 0.3 is 0 Å². The molecule has 1 aromatic rings. The molecular formula is C18H21NO3S. The number of carbonyl (C=O) groups excluding carboxylic acids is 1. The van der Waals surface area contributed by atoms with Crippen molar-refractivity contribution in [3.63, 3.8) is 0 Å². The molecule has 0 bridgehead atoms. The van der Waals surface area contributed by atoms with Gasteiger partial charge in [0.05, 0.1) is 18.0 Å². The number of nitrogens with zero attached hydrogens (tertiary/aromatic N) is 1. The van der Waals surface area contributed by atoms with E-state index in [2.05, 4.69) is 30.6 Å². The summed E-state index contributed by atoms with van der Waals surface area (Å²) in [7, 11) is -3.73. The van der Waals surface area contributed by atoms with Gasteiger partial charge in [-0.2, -0.15) is 4.31 Å². The number of unbranched alkanes of at least 4 members (excludes halogenated alkanes) is 2. The van der Waals surface area contributed by atoms with Gasteiger partial charge in [0.15, 0.2) is 0 Å². The molecule has 5 heteroatoms. The van der Waals surface area contributed by atoms with Crippen molar-refractivity contribution in [2.75, 3.05) is 13.1 Å². The van der Waals surface area contributed by atoms with Crippen LogP contribution >= 0.6 is 0 Å². The minimum Gasteiger partial charge on any atom is -0.302 e. The second kappa shape index (κ2) is 9.84. The number of aldehydes is 1. The van der Waals surface area contributed by atoms with Gasteiger partial charge in [-0.1, -0.05) is 42.9 Å². The van der Waals surface area contributed by atoms with E-state index in [0.29, 0.717) is 6.29 Å². The molecule has 23 heavy (non-hydrogen) atoms. The molecule has 0 saturated heterocycles. The van der Waals surface area contributed by atoms with Crippen LogP contribution in [0.25, 0.3) is 0 Å². The highest BCUT2D eigenvalue weighted by Gasteiger charge is 2.23. The standard InChI is InChI=1S/C18H21NO3S/c1-3-4-5-6-7-8-9-14-19(15-16-20)23(21,22)18-12-10-17(2)11-13-18/h10-13,16H,3-5,14-15H2,1-2H3. The van der Waals surface area contributed by atoms with E-state index in [-0.39, 0.29) is 18.0 Å². The Balaban J connectivity index is 2.84. The van der Waals surface area contributed by atoms with Gasteiger partial charge in [0.25, 0.3) is 0 Å². The van der Waals surface area contributed by atoms with Crippen LogP contribution in [0.1, 0.15) is 31.7 Å². The van der Waals surface area contributed by atoms with Gasteiger partial charge < -0.3 is 4.79 Å². The summed E-state index contributed by atoms with van der Waals surface area (Å²) in [4.78, 5) is 10.9. The first-order valence-electron chi connectivity index (χ1n) is 7.48. The Kier molecular flexibility index (Phi) is 8.11. The third kappa shape index (κ3) is 6.28. The number of hydrogen-bond donors (Lipinski definition) is 0. The van der Waals surface area contributed by atoms with Gasteiger partial charge in [-0.25, -0.2) is 8.42 Å². The predicted molar refractivity (Wildman–Crippen MR) is 91.1 cm³/mol. The SMILES string of the molecule is CCCCC#CC#CCN(CC=O)S(=O)(=O)c1ccc(C)cc1. The average molecular weight is 331 g/mol. The lowest BCUT2D eigenvalue weighted by molar-refractivity contribution is -0.108. The Morgan fingerprint density at radius 1 is 1.13 bits per heavy atom. The number of benzene rings is 1. The van der Waals surface area contributed by atoms with Gasteiger partial charge in [0.2, 0.25) is 10.0 Å². The van der Waals surface area contributed by atoms with Crippen LogP contribution in [0.15, 0.2) is 29.2 Å². The van der Waals surface area contributed by atoms with Crippen molar-refractivity contribution in [1.29, 1.82) is 0 Å². The van der Waals surface area contributed by atoms with Crippen LogP contribution in [0.5, 0.6) is 0 Å². The molecule has 4 nitrogen and oxygen atoms in total. The molecule has 1 rings (SSSR count). The van der Waals surface area contributed by atoms with Crippen molar-refractivity contribution in [3.05, 3.63) is 29.8 Å². The number of aryl methyl sites for hydroxylation is 1. The summed E-state index contributed by atoms with van der Waals surface area (Å²) in [5.74, 6) is 10.9. The van der Waals surface area contributed by atoms with E-state index in [1.54, 1.807) is 12.1 Å². The molecule has 0 unspecified atom stereocenters. The van der Waals surface area contributed by atoms with Gasteiger partial charge in [0, 0.05) is 6.42 Å². The van der Waals surface area contributed by atoms with E-state index >= 15 is 0 Å². The summed E-state index contributed by atoms with van der Waals surface area (Å²) in [5, 5.41) is 0. The molecule has 0 fully saturated rings. The van der Waals surface area contributed by atoms with Crippen molar-refractivity contribution in [3.8, 4) is 23.7 Å². The quantitative estimate of drug-likeness (QED) is 0.438. The molecule has 0 aliphatic carbocycles. The number of sulfonamides is 1. The molecule has 122 valence electrons. The summed E-state index contributed by atoms with van der Waals surface area (Å²) in [6.07, 6.45) is 3.43. The maximum atomic E-state index is 12.5. The maximum absolute atomic E-state index is 12.5. The first-order valence-corrected chi connectivity index (χ1v) is 8.92. The van der Waals surface area contributed by atoms with Crippen LogP contribution in [-0.2, 0) is 14.8 Å². The average Bonchev–Trinajstić information content (AvgIpc) is 2.53. The van der Waals surface area contributed by atoms with Crippen LogP contribution < -0.4 is 0 Å². The fourth-order valence-electron chi connectivity index (χ4n) is 1.73. The van der Waals surface area contributed by atoms with Crippen molar-refractivity contribution in [2.45, 2.75) is 38.0 Å². The zero-order valence-corrected chi connectivity index (χ0v) is 14.3. The largest absolute Gasteiger partial charge is 0.302 e. The predicted octanol–water partition coefficient (Wildman–Crippen LogP) is 2.38. The highest BCUT2D eigenvalue weighted by Crippen LogP contribution is 2.15. The normalized spacial score (nSPS) is 10.4. The molecule has 0 aliphatic heterocycles. The van der Waals surface area contributed by atoms with E-state index in [1.165, 1.54) is 12.1 Å². The second-order valence-corrected chi connectivity index (χ2v) is 6.92. The van der Waals surface area contributed by atoms with Gasteiger partial charge in [-0.3, -0.25) is 0 Å². The minimum atomic E-state index is -3.73. The van der Waals surface area contributed by atoms with Crippen LogP contribution in [-0.4, -0.2) is 32.1 Å². The van der Waals surface area contributed by atoms with E-state index < -0.39 is 10.0 Å². The Hall–Kier alpha value is -2.08. The lowest BCUT2D eigenvalue weighted by Gasteiger charge is -2.17. The van der Waals surface area contributed by atoms with Crippen LogP contribution in [0, 0.1) is 30.6 Å². The van der Waals surface area contributed by atoms with Gasteiger partial charge in [-0.15, -0.1) is 0 Å². The zero-order chi connectivity index (χ0) is 17.1. The van der Waals surface area contributed by atoms with Crippen molar-refractivity contribution < 1.29 is 13.2 Å². The fourth-order valence-corrected chi connectivity index (χ4v) is 3.00. The Morgan fingerprint density at radius 2 is 1.78 bits per heavy atom. The van der Waals surface area contributed by atoms with Crippen molar-refractivity contribution >= 4 is 16.3 Å². The monoisotopic (exact) mass is 331 g/mol. The van der Waals surface area contributed by atoms with Crippen molar-refractivity contribution in [2.24, 2.45) is 0 Å². The molecule has 0 atom stereocenters. The Morgan fingerprint density at radius 3 is 2.39 bits per heavy atom. The summed E-state index contributed by atoms with van der Waals surface area (Å²) in [6.45, 7) is 3.68. The molecule has 0 N–H and O–H groups in total. The van der Waals surface area contributed by atoms with Crippen LogP contribution in [0.4, 0.5) is 0 Å². The first-order chi connectivity index (χ1) is 11.0. The highest BCUT2D eigenvalue weighted by molar-refractivity contribution is 7.89. The topological polar surface area (TPSA) is 54.5 Å². The summed E-state index contributed by atoms with van der Waals surface area (Å²) in [5.41, 5.74) is 0.966. The number of carbonyl (C=O) groups is 1. The minimum absolute atomic E-state index is 0.0581. The Bertz CT molecular complexity index is 728. The van der Waals surface area contributed by atoms with Crippen molar-refractivity contribution in [1.82, 2.24) is 4.31 Å². The molecule has 0 aliphatic rings. The third-order valence-corrected chi connectivity index (χ3v) is 4.91. The van der Waals surface area contributed by atoms with E-state index in [1.807, 2.05) is 6.92 Å². The molecular weight excluding hydrogens is 310 g/mol. The smallest absolute Gasteiger partial charge is 0.244 e. The molecule has 0 radical (unpaired) electrons. The maximum Gasteiger partial charge on any atom is 0.244 e.